The quantitative estimate of drug-likeness (QED) is 0.154. The van der Waals surface area contributed by atoms with Gasteiger partial charge in [0.15, 0.2) is 5.82 Å². The van der Waals surface area contributed by atoms with Crippen LogP contribution in [0.25, 0.3) is 0 Å². The van der Waals surface area contributed by atoms with Crippen LogP contribution in [0.1, 0.15) is 59.3 Å². The Balaban J connectivity index is 1.21. The highest BCUT2D eigenvalue weighted by atomic mass is 19.4. The first-order valence-corrected chi connectivity index (χ1v) is 14.4. The molecule has 0 radical (unpaired) electrons. The number of halogens is 3. The number of benzene rings is 2. The van der Waals surface area contributed by atoms with Crippen LogP contribution in [-0.2, 0) is 46.6 Å². The van der Waals surface area contributed by atoms with E-state index in [-0.39, 0.29) is 12.3 Å². The number of aromatic nitrogens is 3. The molecule has 9 nitrogen and oxygen atoms in total. The van der Waals surface area contributed by atoms with Crippen molar-refractivity contribution < 1.29 is 36.8 Å². The third kappa shape index (κ3) is 8.65. The van der Waals surface area contributed by atoms with Crippen molar-refractivity contribution in [2.45, 2.75) is 63.6 Å². The van der Waals surface area contributed by atoms with E-state index in [4.69, 9.17) is 14.2 Å². The van der Waals surface area contributed by atoms with E-state index < -0.39 is 30.5 Å². The zero-order chi connectivity index (χ0) is 30.9. The second kappa shape index (κ2) is 14.2. The van der Waals surface area contributed by atoms with E-state index in [1.165, 1.54) is 5.56 Å². The predicted molar refractivity (Wildman–Crippen MR) is 153 cm³/mol. The molecule has 0 saturated carbocycles. The molecule has 4 aromatic rings. The number of aryl methyl sites for hydroxylation is 3. The number of fused-ring (bicyclic) bond motifs is 1. The summed E-state index contributed by atoms with van der Waals surface area (Å²) in [4.78, 5) is 32.7. The van der Waals surface area contributed by atoms with Crippen LogP contribution in [0.4, 0.5) is 19.0 Å². The van der Waals surface area contributed by atoms with Crippen molar-refractivity contribution >= 4 is 17.8 Å². The van der Waals surface area contributed by atoms with Gasteiger partial charge in [0.1, 0.15) is 18.2 Å². The van der Waals surface area contributed by atoms with Crippen LogP contribution >= 0.6 is 0 Å². The number of esters is 2. The lowest BCUT2D eigenvalue weighted by Gasteiger charge is -2.17. The number of nitrogens with zero attached hydrogens (tertiary/aromatic N) is 3. The molecule has 0 aliphatic carbocycles. The van der Waals surface area contributed by atoms with E-state index >= 15 is 0 Å². The van der Waals surface area contributed by atoms with E-state index in [2.05, 4.69) is 26.3 Å². The predicted octanol–water partition coefficient (Wildman–Crippen LogP) is 5.93. The Labute approximate surface area is 251 Å². The van der Waals surface area contributed by atoms with Crippen molar-refractivity contribution in [2.75, 3.05) is 11.9 Å². The number of rotatable bonds is 12. The molecule has 230 valence electrons. The number of pyridine rings is 1. The Hall–Kier alpha value is -4.74. The smallest absolute Gasteiger partial charge is 0.489 e. The lowest BCUT2D eigenvalue weighted by atomic mass is 9.92. The topological polar surface area (TPSA) is 116 Å². The highest BCUT2D eigenvalue weighted by Gasteiger charge is 2.42. The second-order valence-electron chi connectivity index (χ2n) is 10.5. The van der Waals surface area contributed by atoms with Crippen molar-refractivity contribution in [1.82, 2.24) is 15.1 Å². The summed E-state index contributed by atoms with van der Waals surface area (Å²) in [5, 5.41) is 7.36. The van der Waals surface area contributed by atoms with Crippen LogP contribution in [0.3, 0.4) is 0 Å². The average Bonchev–Trinajstić information content (AvgIpc) is 3.47. The molecule has 0 amide bonds. The van der Waals surface area contributed by atoms with Gasteiger partial charge in [-0.2, -0.15) is 18.2 Å². The van der Waals surface area contributed by atoms with Gasteiger partial charge in [-0.3, -0.25) is 4.79 Å². The number of alkyl halides is 3. The van der Waals surface area contributed by atoms with E-state index in [0.717, 1.165) is 49.3 Å². The Morgan fingerprint density at radius 1 is 0.977 bits per heavy atom. The maximum atomic E-state index is 12.7. The molecule has 5 rings (SSSR count). The highest BCUT2D eigenvalue weighted by Crippen LogP contribution is 2.28. The van der Waals surface area contributed by atoms with Gasteiger partial charge in [-0.25, -0.2) is 9.78 Å². The summed E-state index contributed by atoms with van der Waals surface area (Å²) in [6, 6.07) is 20.5. The standard InChI is InChI=1S/C32H31F3N4O5/c33-32(34,35)31(41)43-29(40)19-24(22-12-15-26(16-13-22)42-20-21-6-2-1-3-7-21)18-28-38-27(39-44-28)10-4-9-25-14-11-23-8-5-17-36-30(23)37-25/h1-3,6-7,11-16,24H,4-5,8-10,17-20H2,(H,36,37). The van der Waals surface area contributed by atoms with Crippen molar-refractivity contribution in [3.05, 3.63) is 101 Å². The van der Waals surface area contributed by atoms with Crippen molar-refractivity contribution in [2.24, 2.45) is 0 Å². The molecule has 1 aliphatic heterocycles. The monoisotopic (exact) mass is 608 g/mol. The summed E-state index contributed by atoms with van der Waals surface area (Å²) in [5.74, 6) is -2.39. The summed E-state index contributed by atoms with van der Waals surface area (Å²) in [5.41, 5.74) is 3.76. The highest BCUT2D eigenvalue weighted by molar-refractivity contribution is 5.88. The minimum atomic E-state index is -5.28. The van der Waals surface area contributed by atoms with E-state index in [0.29, 0.717) is 30.2 Å². The number of hydrogen-bond acceptors (Lipinski definition) is 9. The Morgan fingerprint density at radius 2 is 1.77 bits per heavy atom. The molecule has 3 heterocycles. The van der Waals surface area contributed by atoms with E-state index in [1.54, 1.807) is 24.3 Å². The number of carbonyl (C=O) groups is 2. The second-order valence-corrected chi connectivity index (χ2v) is 10.5. The van der Waals surface area contributed by atoms with Gasteiger partial charge >= 0.3 is 18.1 Å². The van der Waals surface area contributed by atoms with Crippen molar-refractivity contribution in [3.63, 3.8) is 0 Å². The molecule has 0 spiro atoms. The lowest BCUT2D eigenvalue weighted by molar-refractivity contribution is -0.202. The number of ether oxygens (including phenoxy) is 2. The van der Waals surface area contributed by atoms with Crippen LogP contribution in [0, 0.1) is 0 Å². The molecular weight excluding hydrogens is 577 g/mol. The van der Waals surface area contributed by atoms with Crippen LogP contribution in [0.5, 0.6) is 5.75 Å². The molecule has 0 fully saturated rings. The minimum absolute atomic E-state index is 0.0462. The third-order valence-electron chi connectivity index (χ3n) is 7.17. The maximum Gasteiger partial charge on any atom is 0.491 e. The number of carbonyl (C=O) groups excluding carboxylic acids is 2. The number of anilines is 1. The summed E-state index contributed by atoms with van der Waals surface area (Å²) in [6.45, 7) is 1.26. The van der Waals surface area contributed by atoms with Gasteiger partial charge in [-0.05, 0) is 60.6 Å². The Bertz CT molecular complexity index is 1560. The van der Waals surface area contributed by atoms with Crippen LogP contribution in [-0.4, -0.2) is 39.8 Å². The molecule has 1 unspecified atom stereocenters. The molecule has 0 bridgehead atoms. The zero-order valence-corrected chi connectivity index (χ0v) is 23.8. The zero-order valence-electron chi connectivity index (χ0n) is 23.8. The molecule has 2 aromatic carbocycles. The van der Waals surface area contributed by atoms with Crippen molar-refractivity contribution in [1.29, 1.82) is 0 Å². The minimum Gasteiger partial charge on any atom is -0.489 e. The molecule has 12 heteroatoms. The Morgan fingerprint density at radius 3 is 2.55 bits per heavy atom. The van der Waals surface area contributed by atoms with Crippen LogP contribution in [0.2, 0.25) is 0 Å². The van der Waals surface area contributed by atoms with Gasteiger partial charge in [-0.1, -0.05) is 53.7 Å². The van der Waals surface area contributed by atoms with Crippen LogP contribution in [0.15, 0.2) is 71.3 Å². The normalized spacial score (nSPS) is 13.4. The fourth-order valence-corrected chi connectivity index (χ4v) is 4.91. The molecule has 44 heavy (non-hydrogen) atoms. The summed E-state index contributed by atoms with van der Waals surface area (Å²) >= 11 is 0. The molecule has 1 aliphatic rings. The fraction of sp³-hybridized carbons (Fsp3) is 0.344. The first-order valence-electron chi connectivity index (χ1n) is 14.4. The van der Waals surface area contributed by atoms with Gasteiger partial charge in [0.05, 0.1) is 6.42 Å². The van der Waals surface area contributed by atoms with Gasteiger partial charge in [0.25, 0.3) is 0 Å². The van der Waals surface area contributed by atoms with Gasteiger partial charge in [0, 0.05) is 31.0 Å². The summed E-state index contributed by atoms with van der Waals surface area (Å²) < 4.78 is 53.3. The summed E-state index contributed by atoms with van der Waals surface area (Å²) in [6.07, 6.45) is -1.66. The molecule has 2 aromatic heterocycles. The average molecular weight is 609 g/mol. The van der Waals surface area contributed by atoms with Gasteiger partial charge < -0.3 is 19.3 Å². The van der Waals surface area contributed by atoms with Gasteiger partial charge in [0.2, 0.25) is 5.89 Å². The molecule has 1 atom stereocenters. The maximum absolute atomic E-state index is 12.7. The molecule has 1 N–H and O–H groups in total. The first kappa shape index (κ1) is 30.7. The lowest BCUT2D eigenvalue weighted by Crippen LogP contribution is -2.28. The summed E-state index contributed by atoms with van der Waals surface area (Å²) in [7, 11) is 0. The number of nitrogens with one attached hydrogen (secondary N) is 1. The number of hydrogen-bond donors (Lipinski definition) is 1. The largest absolute Gasteiger partial charge is 0.491 e. The third-order valence-corrected chi connectivity index (χ3v) is 7.17. The molecule has 0 saturated heterocycles. The fourth-order valence-electron chi connectivity index (χ4n) is 4.91. The van der Waals surface area contributed by atoms with Gasteiger partial charge in [-0.15, -0.1) is 0 Å². The van der Waals surface area contributed by atoms with E-state index in [9.17, 15) is 22.8 Å². The van der Waals surface area contributed by atoms with E-state index in [1.807, 2.05) is 36.4 Å². The first-order chi connectivity index (χ1) is 21.2. The SMILES string of the molecule is O=C(CC(Cc1nc(CCCc2ccc3c(n2)NCCC3)no1)c1ccc(OCc2ccccc2)cc1)OC(=O)C(F)(F)F. The van der Waals surface area contributed by atoms with Crippen LogP contribution < -0.4 is 10.1 Å². The van der Waals surface area contributed by atoms with Crippen molar-refractivity contribution in [3.8, 4) is 5.75 Å². The Kier molecular flexibility index (Phi) is 9.88. The molecular formula is C32H31F3N4O5.